The Morgan fingerprint density at radius 1 is 1.20 bits per heavy atom. The summed E-state index contributed by atoms with van der Waals surface area (Å²) < 4.78 is 24.3. The van der Waals surface area contributed by atoms with Crippen molar-refractivity contribution in [3.8, 4) is 0 Å². The number of benzene rings is 1. The summed E-state index contributed by atoms with van der Waals surface area (Å²) in [6.45, 7) is 0. The minimum absolute atomic E-state index is 0.0725. The van der Waals surface area contributed by atoms with Gasteiger partial charge < -0.3 is 0 Å². The van der Waals surface area contributed by atoms with Gasteiger partial charge in [0, 0.05) is 14.1 Å². The van der Waals surface area contributed by atoms with Crippen molar-refractivity contribution < 1.29 is 8.42 Å². The second kappa shape index (κ2) is 4.70. The van der Waals surface area contributed by atoms with E-state index in [1.165, 1.54) is 18.4 Å². The molecular formula is C9H11Cl2NO2S. The van der Waals surface area contributed by atoms with Crippen LogP contribution in [-0.2, 0) is 15.8 Å². The van der Waals surface area contributed by atoms with E-state index in [4.69, 9.17) is 23.2 Å². The molecule has 84 valence electrons. The Hall–Kier alpha value is -0.290. The van der Waals surface area contributed by atoms with Crippen LogP contribution in [0.2, 0.25) is 10.0 Å². The van der Waals surface area contributed by atoms with Crippen LogP contribution in [-0.4, -0.2) is 26.8 Å². The van der Waals surface area contributed by atoms with E-state index in [0.29, 0.717) is 15.6 Å². The Morgan fingerprint density at radius 3 is 2.27 bits per heavy atom. The van der Waals surface area contributed by atoms with Crippen LogP contribution >= 0.6 is 23.2 Å². The monoisotopic (exact) mass is 267 g/mol. The molecule has 0 radical (unpaired) electrons. The third kappa shape index (κ3) is 3.34. The summed E-state index contributed by atoms with van der Waals surface area (Å²) in [5.41, 5.74) is 0.623. The lowest BCUT2D eigenvalue weighted by Crippen LogP contribution is -2.23. The van der Waals surface area contributed by atoms with E-state index in [2.05, 4.69) is 0 Å². The average molecular weight is 268 g/mol. The molecule has 0 aliphatic heterocycles. The van der Waals surface area contributed by atoms with Gasteiger partial charge in [0.1, 0.15) is 0 Å². The summed E-state index contributed by atoms with van der Waals surface area (Å²) >= 11 is 11.5. The summed E-state index contributed by atoms with van der Waals surface area (Å²) in [4.78, 5) is 0. The van der Waals surface area contributed by atoms with Gasteiger partial charge >= 0.3 is 0 Å². The molecule has 0 saturated carbocycles. The Bertz CT molecular complexity index is 457. The first-order valence-corrected chi connectivity index (χ1v) is 6.53. The molecule has 0 N–H and O–H groups in total. The van der Waals surface area contributed by atoms with Crippen LogP contribution in [0.1, 0.15) is 5.56 Å². The summed E-state index contributed by atoms with van der Waals surface area (Å²) in [5, 5.41) is 0.783. The average Bonchev–Trinajstić information content (AvgIpc) is 2.10. The maximum absolute atomic E-state index is 11.5. The van der Waals surface area contributed by atoms with Gasteiger partial charge in [-0.25, -0.2) is 12.7 Å². The normalized spacial score (nSPS) is 12.1. The minimum Gasteiger partial charge on any atom is -0.212 e. The van der Waals surface area contributed by atoms with Crippen LogP contribution in [0.4, 0.5) is 0 Å². The molecule has 0 amide bonds. The molecular weight excluding hydrogens is 257 g/mol. The van der Waals surface area contributed by atoms with Gasteiger partial charge in [0.25, 0.3) is 0 Å². The predicted octanol–water partition coefficient (Wildman–Crippen LogP) is 2.38. The quantitative estimate of drug-likeness (QED) is 0.844. The zero-order valence-electron chi connectivity index (χ0n) is 8.37. The number of hydrogen-bond acceptors (Lipinski definition) is 2. The Labute approximate surface area is 99.7 Å². The molecule has 1 aromatic carbocycles. The van der Waals surface area contributed by atoms with E-state index in [1.54, 1.807) is 18.2 Å². The fraction of sp³-hybridized carbons (Fsp3) is 0.333. The highest BCUT2D eigenvalue weighted by Crippen LogP contribution is 2.23. The number of rotatable bonds is 3. The molecule has 0 spiro atoms. The molecule has 0 bridgehead atoms. The van der Waals surface area contributed by atoms with Gasteiger partial charge in [0.15, 0.2) is 0 Å². The highest BCUT2D eigenvalue weighted by molar-refractivity contribution is 7.88. The van der Waals surface area contributed by atoms with Crippen molar-refractivity contribution >= 4 is 33.2 Å². The van der Waals surface area contributed by atoms with Crippen molar-refractivity contribution in [3.05, 3.63) is 33.8 Å². The van der Waals surface area contributed by atoms with Crippen LogP contribution in [0.25, 0.3) is 0 Å². The zero-order valence-corrected chi connectivity index (χ0v) is 10.7. The highest BCUT2D eigenvalue weighted by Gasteiger charge is 2.14. The van der Waals surface area contributed by atoms with Gasteiger partial charge in [-0.1, -0.05) is 29.3 Å². The molecule has 1 rings (SSSR count). The third-order valence-electron chi connectivity index (χ3n) is 1.89. The molecule has 15 heavy (non-hydrogen) atoms. The van der Waals surface area contributed by atoms with E-state index in [9.17, 15) is 8.42 Å². The molecule has 0 unspecified atom stereocenters. The van der Waals surface area contributed by atoms with Crippen molar-refractivity contribution in [2.24, 2.45) is 0 Å². The van der Waals surface area contributed by atoms with Crippen LogP contribution in [0, 0.1) is 0 Å². The number of nitrogens with zero attached hydrogens (tertiary/aromatic N) is 1. The second-order valence-electron chi connectivity index (χ2n) is 3.29. The SMILES string of the molecule is CN(C)S(=O)(=O)Cc1ccc(Cl)c(Cl)c1. The smallest absolute Gasteiger partial charge is 0.212 e. The van der Waals surface area contributed by atoms with Crippen molar-refractivity contribution in [2.45, 2.75) is 5.75 Å². The lowest BCUT2D eigenvalue weighted by atomic mass is 10.2. The molecule has 0 fully saturated rings. The fourth-order valence-electron chi connectivity index (χ4n) is 0.969. The van der Waals surface area contributed by atoms with Crippen molar-refractivity contribution in [1.82, 2.24) is 4.31 Å². The Balaban J connectivity index is 2.96. The topological polar surface area (TPSA) is 37.4 Å². The van der Waals surface area contributed by atoms with E-state index in [1.807, 2.05) is 0 Å². The minimum atomic E-state index is -3.25. The molecule has 0 atom stereocenters. The number of sulfonamides is 1. The first-order valence-electron chi connectivity index (χ1n) is 4.17. The van der Waals surface area contributed by atoms with Crippen molar-refractivity contribution in [2.75, 3.05) is 14.1 Å². The summed E-state index contributed by atoms with van der Waals surface area (Å²) in [6.07, 6.45) is 0. The second-order valence-corrected chi connectivity index (χ2v) is 6.28. The van der Waals surface area contributed by atoms with Crippen LogP contribution < -0.4 is 0 Å². The largest absolute Gasteiger partial charge is 0.217 e. The molecule has 3 nitrogen and oxygen atoms in total. The maximum Gasteiger partial charge on any atom is 0.217 e. The predicted molar refractivity (Wildman–Crippen MR) is 62.8 cm³/mol. The number of hydrogen-bond donors (Lipinski definition) is 0. The summed E-state index contributed by atoms with van der Waals surface area (Å²) in [6, 6.07) is 4.80. The van der Waals surface area contributed by atoms with Gasteiger partial charge in [0.2, 0.25) is 10.0 Å². The van der Waals surface area contributed by atoms with Gasteiger partial charge in [-0.2, -0.15) is 0 Å². The summed E-state index contributed by atoms with van der Waals surface area (Å²) in [5.74, 6) is -0.0725. The molecule has 0 aliphatic rings. The van der Waals surface area contributed by atoms with Gasteiger partial charge in [0.05, 0.1) is 15.8 Å². The molecule has 0 saturated heterocycles. The lowest BCUT2D eigenvalue weighted by molar-refractivity contribution is 0.520. The molecule has 0 aromatic heterocycles. The van der Waals surface area contributed by atoms with E-state index in [0.717, 1.165) is 0 Å². The summed E-state index contributed by atoms with van der Waals surface area (Å²) in [7, 11) is -0.263. The maximum atomic E-state index is 11.5. The van der Waals surface area contributed by atoms with Crippen molar-refractivity contribution in [1.29, 1.82) is 0 Å². The fourth-order valence-corrected chi connectivity index (χ4v) is 2.15. The first kappa shape index (κ1) is 12.8. The molecule has 0 aliphatic carbocycles. The first-order chi connectivity index (χ1) is 6.83. The Kier molecular flexibility index (Phi) is 4.00. The van der Waals surface area contributed by atoms with E-state index >= 15 is 0 Å². The third-order valence-corrected chi connectivity index (χ3v) is 4.44. The van der Waals surface area contributed by atoms with Gasteiger partial charge in [-0.3, -0.25) is 0 Å². The van der Waals surface area contributed by atoms with Crippen LogP contribution in [0.15, 0.2) is 18.2 Å². The van der Waals surface area contributed by atoms with Gasteiger partial charge in [-0.15, -0.1) is 0 Å². The van der Waals surface area contributed by atoms with Crippen LogP contribution in [0.5, 0.6) is 0 Å². The van der Waals surface area contributed by atoms with Crippen molar-refractivity contribution in [3.63, 3.8) is 0 Å². The zero-order chi connectivity index (χ0) is 11.6. The highest BCUT2D eigenvalue weighted by atomic mass is 35.5. The standard InChI is InChI=1S/C9H11Cl2NO2S/c1-12(2)15(13,14)6-7-3-4-8(10)9(11)5-7/h3-5H,6H2,1-2H3. The number of halogens is 2. The van der Waals surface area contributed by atoms with E-state index in [-0.39, 0.29) is 5.75 Å². The molecule has 0 heterocycles. The lowest BCUT2D eigenvalue weighted by Gasteiger charge is -2.11. The Morgan fingerprint density at radius 2 is 1.80 bits per heavy atom. The van der Waals surface area contributed by atoms with E-state index < -0.39 is 10.0 Å². The van der Waals surface area contributed by atoms with Crippen LogP contribution in [0.3, 0.4) is 0 Å². The molecule has 1 aromatic rings. The molecule has 6 heteroatoms. The van der Waals surface area contributed by atoms with Gasteiger partial charge in [-0.05, 0) is 17.7 Å².